The van der Waals surface area contributed by atoms with Gasteiger partial charge >= 0.3 is 6.01 Å². The van der Waals surface area contributed by atoms with Gasteiger partial charge in [-0.1, -0.05) is 6.07 Å². The Morgan fingerprint density at radius 1 is 1.35 bits per heavy atom. The SMILES string of the molecule is CC1=CC(C)ON1N1CCC[C@H](c2nc(Oc3cccc(F)c3)no2)C1. The third kappa shape index (κ3) is 3.56. The van der Waals surface area contributed by atoms with Crippen molar-refractivity contribution in [3.05, 3.63) is 47.7 Å². The fourth-order valence-corrected chi connectivity index (χ4v) is 3.35. The van der Waals surface area contributed by atoms with E-state index in [0.717, 1.165) is 31.6 Å². The van der Waals surface area contributed by atoms with Gasteiger partial charge in [0.15, 0.2) is 0 Å². The molecule has 0 radical (unpaired) electrons. The highest BCUT2D eigenvalue weighted by Crippen LogP contribution is 2.31. The maximum absolute atomic E-state index is 13.2. The number of rotatable bonds is 4. The maximum atomic E-state index is 13.2. The van der Waals surface area contributed by atoms with Crippen LogP contribution < -0.4 is 4.74 Å². The minimum atomic E-state index is -0.377. The van der Waals surface area contributed by atoms with Crippen LogP contribution >= 0.6 is 0 Å². The minimum absolute atomic E-state index is 0.0741. The fourth-order valence-electron chi connectivity index (χ4n) is 3.35. The summed E-state index contributed by atoms with van der Waals surface area (Å²) in [5.41, 5.74) is 1.08. The smallest absolute Gasteiger partial charge is 0.359 e. The second-order valence-electron chi connectivity index (χ2n) is 6.62. The first-order valence-electron chi connectivity index (χ1n) is 8.75. The lowest BCUT2D eigenvalue weighted by Gasteiger charge is -2.37. The molecular formula is C18H21FN4O3. The minimum Gasteiger partial charge on any atom is -0.422 e. The fraction of sp³-hybridized carbons (Fsp3) is 0.444. The lowest BCUT2D eigenvalue weighted by Crippen LogP contribution is -2.45. The summed E-state index contributed by atoms with van der Waals surface area (Å²) < 4.78 is 24.1. The third-order valence-corrected chi connectivity index (χ3v) is 4.48. The molecule has 0 aliphatic carbocycles. The number of hydroxylamine groups is 1. The number of ether oxygens (including phenoxy) is 1. The number of hydrogen-bond donors (Lipinski definition) is 0. The molecule has 8 heteroatoms. The van der Waals surface area contributed by atoms with Crippen molar-refractivity contribution in [1.29, 1.82) is 0 Å². The van der Waals surface area contributed by atoms with Crippen LogP contribution in [0.1, 0.15) is 38.5 Å². The van der Waals surface area contributed by atoms with Crippen molar-refractivity contribution in [2.75, 3.05) is 13.1 Å². The van der Waals surface area contributed by atoms with Gasteiger partial charge < -0.3 is 9.26 Å². The topological polar surface area (TPSA) is 63.9 Å². The van der Waals surface area contributed by atoms with Gasteiger partial charge in [0.1, 0.15) is 17.7 Å². The molecular weight excluding hydrogens is 339 g/mol. The molecule has 1 unspecified atom stereocenters. The van der Waals surface area contributed by atoms with Crippen molar-refractivity contribution >= 4 is 0 Å². The van der Waals surface area contributed by atoms with Gasteiger partial charge in [0.25, 0.3) is 0 Å². The molecule has 7 nitrogen and oxygen atoms in total. The van der Waals surface area contributed by atoms with E-state index in [1.807, 2.05) is 19.0 Å². The standard InChI is InChI=1S/C18H21FN4O3/c1-12-9-13(2)26-23(12)22-8-4-5-14(11-22)17-20-18(21-25-17)24-16-7-3-6-15(19)10-16/h3,6-7,9-10,13-14H,4-5,8,11H2,1-2H3/t13?,14-/m0/s1. The molecule has 0 spiro atoms. The van der Waals surface area contributed by atoms with E-state index in [0.29, 0.717) is 11.6 Å². The molecule has 2 aliphatic rings. The zero-order valence-corrected chi connectivity index (χ0v) is 14.8. The number of benzene rings is 1. The molecule has 1 saturated heterocycles. The third-order valence-electron chi connectivity index (χ3n) is 4.48. The normalized spacial score (nSPS) is 24.0. The monoisotopic (exact) mass is 360 g/mol. The molecule has 1 aromatic carbocycles. The zero-order valence-electron chi connectivity index (χ0n) is 14.8. The summed E-state index contributed by atoms with van der Waals surface area (Å²) in [5.74, 6) is 0.573. The first-order valence-corrected chi connectivity index (χ1v) is 8.75. The molecule has 3 heterocycles. The van der Waals surface area contributed by atoms with Crippen molar-refractivity contribution in [3.63, 3.8) is 0 Å². The van der Waals surface area contributed by atoms with Gasteiger partial charge in [0, 0.05) is 19.2 Å². The molecule has 0 N–H and O–H groups in total. The molecule has 0 bridgehead atoms. The molecule has 1 aromatic heterocycles. The summed E-state index contributed by atoms with van der Waals surface area (Å²) in [5, 5.41) is 7.87. The van der Waals surface area contributed by atoms with E-state index in [2.05, 4.69) is 21.2 Å². The number of hydrazine groups is 1. The van der Waals surface area contributed by atoms with Gasteiger partial charge in [-0.2, -0.15) is 15.2 Å². The Labute approximate surface area is 150 Å². The first-order chi connectivity index (χ1) is 12.6. The molecule has 2 atom stereocenters. The van der Waals surface area contributed by atoms with Crippen LogP contribution in [0, 0.1) is 5.82 Å². The molecule has 0 amide bonds. The van der Waals surface area contributed by atoms with E-state index in [1.54, 1.807) is 12.1 Å². The van der Waals surface area contributed by atoms with Gasteiger partial charge in [-0.15, -0.1) is 0 Å². The van der Waals surface area contributed by atoms with E-state index in [9.17, 15) is 4.39 Å². The average Bonchev–Trinajstić information content (AvgIpc) is 3.21. The van der Waals surface area contributed by atoms with Gasteiger partial charge in [-0.3, -0.25) is 4.84 Å². The Morgan fingerprint density at radius 3 is 3.00 bits per heavy atom. The molecule has 2 aromatic rings. The maximum Gasteiger partial charge on any atom is 0.359 e. The molecule has 0 saturated carbocycles. The van der Waals surface area contributed by atoms with Gasteiger partial charge in [-0.05, 0) is 50.1 Å². The number of halogens is 1. The van der Waals surface area contributed by atoms with E-state index in [1.165, 1.54) is 12.1 Å². The molecule has 138 valence electrons. The van der Waals surface area contributed by atoms with Gasteiger partial charge in [0.05, 0.1) is 11.6 Å². The van der Waals surface area contributed by atoms with Crippen LogP contribution in [-0.4, -0.2) is 39.5 Å². The summed E-state index contributed by atoms with van der Waals surface area (Å²) >= 11 is 0. The Hall–Kier alpha value is -2.45. The van der Waals surface area contributed by atoms with Crippen LogP contribution in [-0.2, 0) is 4.84 Å². The van der Waals surface area contributed by atoms with Crippen LogP contribution in [0.25, 0.3) is 0 Å². The summed E-state index contributed by atoms with van der Waals surface area (Å²) in [6, 6.07) is 5.92. The van der Waals surface area contributed by atoms with Gasteiger partial charge in [-0.25, -0.2) is 4.39 Å². The second-order valence-corrected chi connectivity index (χ2v) is 6.62. The van der Waals surface area contributed by atoms with Crippen molar-refractivity contribution in [2.24, 2.45) is 0 Å². The van der Waals surface area contributed by atoms with Crippen molar-refractivity contribution in [1.82, 2.24) is 20.3 Å². The van der Waals surface area contributed by atoms with Crippen molar-refractivity contribution in [2.45, 2.75) is 38.7 Å². The summed E-state index contributed by atoms with van der Waals surface area (Å²) in [6.45, 7) is 5.68. The Morgan fingerprint density at radius 2 is 2.23 bits per heavy atom. The van der Waals surface area contributed by atoms with E-state index < -0.39 is 0 Å². The highest BCUT2D eigenvalue weighted by Gasteiger charge is 2.32. The lowest BCUT2D eigenvalue weighted by atomic mass is 9.99. The van der Waals surface area contributed by atoms with Crippen LogP contribution in [0.2, 0.25) is 0 Å². The predicted molar refractivity (Wildman–Crippen MR) is 90.5 cm³/mol. The largest absolute Gasteiger partial charge is 0.422 e. The van der Waals surface area contributed by atoms with Crippen molar-refractivity contribution < 1.29 is 18.5 Å². The number of aromatic nitrogens is 2. The van der Waals surface area contributed by atoms with E-state index in [4.69, 9.17) is 14.1 Å². The van der Waals surface area contributed by atoms with Gasteiger partial charge in [0.2, 0.25) is 5.89 Å². The first kappa shape index (κ1) is 17.0. The summed E-state index contributed by atoms with van der Waals surface area (Å²) in [4.78, 5) is 10.2. The van der Waals surface area contributed by atoms with Crippen LogP contribution in [0.3, 0.4) is 0 Å². The lowest BCUT2D eigenvalue weighted by molar-refractivity contribution is -0.263. The number of hydrogen-bond acceptors (Lipinski definition) is 7. The van der Waals surface area contributed by atoms with Crippen LogP contribution in [0.5, 0.6) is 11.8 Å². The molecule has 1 fully saturated rings. The second kappa shape index (κ2) is 7.05. The number of allylic oxidation sites excluding steroid dienone is 1. The van der Waals surface area contributed by atoms with E-state index >= 15 is 0 Å². The van der Waals surface area contributed by atoms with E-state index in [-0.39, 0.29) is 23.8 Å². The number of piperidine rings is 1. The molecule has 2 aliphatic heterocycles. The van der Waals surface area contributed by atoms with Crippen LogP contribution in [0.4, 0.5) is 4.39 Å². The highest BCUT2D eigenvalue weighted by atomic mass is 19.1. The zero-order chi connectivity index (χ0) is 18.1. The Kier molecular flexibility index (Phi) is 4.60. The summed E-state index contributed by atoms with van der Waals surface area (Å²) in [7, 11) is 0. The summed E-state index contributed by atoms with van der Waals surface area (Å²) in [6.07, 6.45) is 4.10. The highest BCUT2D eigenvalue weighted by molar-refractivity contribution is 5.25. The number of nitrogens with zero attached hydrogens (tertiary/aromatic N) is 4. The Bertz CT molecular complexity index is 809. The Balaban J connectivity index is 1.43. The predicted octanol–water partition coefficient (Wildman–Crippen LogP) is 3.63. The van der Waals surface area contributed by atoms with Crippen molar-refractivity contribution in [3.8, 4) is 11.8 Å². The average molecular weight is 360 g/mol. The molecule has 26 heavy (non-hydrogen) atoms. The molecule has 4 rings (SSSR count). The quantitative estimate of drug-likeness (QED) is 0.825. The van der Waals surface area contributed by atoms with Crippen LogP contribution in [0.15, 0.2) is 40.6 Å².